The molecule has 1 fully saturated rings. The van der Waals surface area contributed by atoms with Crippen LogP contribution in [-0.2, 0) is 10.2 Å². The van der Waals surface area contributed by atoms with Crippen LogP contribution in [0.25, 0.3) is 0 Å². The number of hydrogen-bond acceptors (Lipinski definition) is 4. The van der Waals surface area contributed by atoms with E-state index in [-0.39, 0.29) is 0 Å². The number of nitrogens with one attached hydrogen (secondary N) is 2. The number of anilines is 1. The summed E-state index contributed by atoms with van der Waals surface area (Å²) in [5.74, 6) is 0.574. The largest absolute Gasteiger partial charge is 0.314 e. The molecule has 0 saturated carbocycles. The van der Waals surface area contributed by atoms with Gasteiger partial charge in [0.2, 0.25) is 0 Å². The molecule has 0 spiro atoms. The third-order valence-electron chi connectivity index (χ3n) is 3.50. The van der Waals surface area contributed by atoms with Gasteiger partial charge in [-0.15, -0.1) is 0 Å². The molecule has 0 aromatic carbocycles. The first-order valence-electron chi connectivity index (χ1n) is 7.01. The number of nitrogens with zero attached hydrogens (tertiary/aromatic N) is 1. The summed E-state index contributed by atoms with van der Waals surface area (Å²) in [5.41, 5.74) is 0.651. The summed E-state index contributed by atoms with van der Waals surface area (Å²) in [4.78, 5) is 0. The molecule has 0 unspecified atom stereocenters. The Balaban J connectivity index is 1.83. The topological polar surface area (TPSA) is 61.4 Å². The second-order valence-corrected chi connectivity index (χ2v) is 7.98. The van der Waals surface area contributed by atoms with Crippen LogP contribution in [0.4, 0.5) is 5.69 Å². The molecule has 2 rings (SSSR count). The first kappa shape index (κ1) is 15.8. The van der Waals surface area contributed by atoms with Crippen molar-refractivity contribution in [2.24, 2.45) is 5.92 Å². The summed E-state index contributed by atoms with van der Waals surface area (Å²) in [7, 11) is -3.39. The van der Waals surface area contributed by atoms with Gasteiger partial charge in [0.1, 0.15) is 0 Å². The molecule has 7 heteroatoms. The van der Waals surface area contributed by atoms with Gasteiger partial charge in [0.25, 0.3) is 0 Å². The smallest absolute Gasteiger partial charge is 0.301 e. The van der Waals surface area contributed by atoms with Crippen LogP contribution in [0.1, 0.15) is 26.7 Å². The van der Waals surface area contributed by atoms with Gasteiger partial charge in [-0.1, -0.05) is 13.8 Å². The molecule has 1 aliphatic heterocycles. The second kappa shape index (κ2) is 6.89. The van der Waals surface area contributed by atoms with Gasteiger partial charge >= 0.3 is 10.2 Å². The van der Waals surface area contributed by atoms with E-state index in [4.69, 9.17) is 0 Å². The Labute approximate surface area is 125 Å². The van der Waals surface area contributed by atoms with E-state index >= 15 is 0 Å². The zero-order chi connectivity index (χ0) is 14.6. The fourth-order valence-electron chi connectivity index (χ4n) is 2.29. The third-order valence-corrected chi connectivity index (χ3v) is 5.72. The van der Waals surface area contributed by atoms with Crippen molar-refractivity contribution in [3.05, 3.63) is 16.8 Å². The van der Waals surface area contributed by atoms with Crippen molar-refractivity contribution < 1.29 is 8.42 Å². The summed E-state index contributed by atoms with van der Waals surface area (Å²) in [5, 5.41) is 7.09. The van der Waals surface area contributed by atoms with Crippen LogP contribution in [0.3, 0.4) is 0 Å². The van der Waals surface area contributed by atoms with Gasteiger partial charge in [-0.05, 0) is 36.8 Å². The molecule has 0 bridgehead atoms. The minimum absolute atomic E-state index is 0.483. The summed E-state index contributed by atoms with van der Waals surface area (Å²) in [6.07, 6.45) is 1.84. The summed E-state index contributed by atoms with van der Waals surface area (Å²) in [6.45, 7) is 6.44. The lowest BCUT2D eigenvalue weighted by molar-refractivity contribution is 0.265. The van der Waals surface area contributed by atoms with Crippen LogP contribution in [0, 0.1) is 5.92 Å². The van der Waals surface area contributed by atoms with Crippen molar-refractivity contribution in [1.29, 1.82) is 0 Å². The van der Waals surface area contributed by atoms with Crippen LogP contribution < -0.4 is 10.0 Å². The van der Waals surface area contributed by atoms with E-state index in [1.165, 1.54) is 11.3 Å². The maximum absolute atomic E-state index is 12.2. The molecule has 1 aliphatic rings. The molecule has 0 atom stereocenters. The minimum atomic E-state index is -3.39. The predicted octanol–water partition coefficient (Wildman–Crippen LogP) is 2.11. The lowest BCUT2D eigenvalue weighted by Crippen LogP contribution is -2.43. The lowest BCUT2D eigenvalue weighted by Gasteiger charge is -2.31. The average Bonchev–Trinajstić information content (AvgIpc) is 2.89. The van der Waals surface area contributed by atoms with Crippen LogP contribution in [-0.4, -0.2) is 38.4 Å². The second-order valence-electron chi connectivity index (χ2n) is 5.52. The van der Waals surface area contributed by atoms with Gasteiger partial charge in [-0.3, -0.25) is 4.72 Å². The highest BCUT2D eigenvalue weighted by atomic mass is 32.2. The molecule has 2 N–H and O–H groups in total. The molecule has 1 saturated heterocycles. The van der Waals surface area contributed by atoms with Crippen molar-refractivity contribution in [2.75, 3.05) is 24.4 Å². The number of piperidine rings is 1. The molecule has 2 heterocycles. The number of hydrogen-bond donors (Lipinski definition) is 2. The standard InChI is InChI=1S/C13H23N3O2S2/c1-11(2)14-9-12-3-6-16(7-4-12)20(17,18)15-13-5-8-19-10-13/h5,8,10-12,14-15H,3-4,6-7,9H2,1-2H3. The van der Waals surface area contributed by atoms with Crippen LogP contribution in [0.15, 0.2) is 16.8 Å². The Bertz CT molecular complexity index is 492. The van der Waals surface area contributed by atoms with E-state index < -0.39 is 10.2 Å². The van der Waals surface area contributed by atoms with Crippen LogP contribution in [0.2, 0.25) is 0 Å². The lowest BCUT2D eigenvalue weighted by atomic mass is 9.98. The third kappa shape index (κ3) is 4.44. The monoisotopic (exact) mass is 317 g/mol. The molecule has 114 valence electrons. The van der Waals surface area contributed by atoms with Crippen LogP contribution in [0.5, 0.6) is 0 Å². The average molecular weight is 317 g/mol. The van der Waals surface area contributed by atoms with E-state index in [0.717, 1.165) is 19.4 Å². The zero-order valence-corrected chi connectivity index (χ0v) is 13.6. The minimum Gasteiger partial charge on any atom is -0.314 e. The highest BCUT2D eigenvalue weighted by Gasteiger charge is 2.27. The van der Waals surface area contributed by atoms with Crippen molar-refractivity contribution in [3.8, 4) is 0 Å². The Hall–Kier alpha value is -0.630. The molecule has 0 amide bonds. The molecule has 1 aromatic rings. The molecule has 0 aliphatic carbocycles. The molecule has 5 nitrogen and oxygen atoms in total. The zero-order valence-electron chi connectivity index (χ0n) is 12.0. The molecule has 0 radical (unpaired) electrons. The van der Waals surface area contributed by atoms with Crippen molar-refractivity contribution in [1.82, 2.24) is 9.62 Å². The van der Waals surface area contributed by atoms with Crippen molar-refractivity contribution in [3.63, 3.8) is 0 Å². The first-order chi connectivity index (χ1) is 9.47. The summed E-state index contributed by atoms with van der Waals surface area (Å²) < 4.78 is 28.6. The van der Waals surface area contributed by atoms with Gasteiger partial charge in [0.15, 0.2) is 0 Å². The van der Waals surface area contributed by atoms with E-state index in [1.54, 1.807) is 15.8 Å². The Morgan fingerprint density at radius 3 is 2.65 bits per heavy atom. The van der Waals surface area contributed by atoms with Gasteiger partial charge in [-0.25, -0.2) is 0 Å². The van der Waals surface area contributed by atoms with Gasteiger partial charge in [0.05, 0.1) is 5.69 Å². The van der Waals surface area contributed by atoms with Gasteiger partial charge in [0, 0.05) is 24.5 Å². The van der Waals surface area contributed by atoms with E-state index in [1.807, 2.05) is 5.38 Å². The maximum Gasteiger partial charge on any atom is 0.301 e. The van der Waals surface area contributed by atoms with E-state index in [0.29, 0.717) is 30.7 Å². The van der Waals surface area contributed by atoms with Gasteiger partial charge in [-0.2, -0.15) is 24.1 Å². The Morgan fingerprint density at radius 2 is 2.10 bits per heavy atom. The fourth-order valence-corrected chi connectivity index (χ4v) is 4.20. The number of thiophene rings is 1. The van der Waals surface area contributed by atoms with E-state index in [2.05, 4.69) is 23.9 Å². The quantitative estimate of drug-likeness (QED) is 0.845. The SMILES string of the molecule is CC(C)NCC1CCN(S(=O)(=O)Nc2ccsc2)CC1. The molecular formula is C13H23N3O2S2. The number of rotatable bonds is 6. The first-order valence-corrected chi connectivity index (χ1v) is 9.39. The maximum atomic E-state index is 12.2. The molecule has 20 heavy (non-hydrogen) atoms. The molecular weight excluding hydrogens is 294 g/mol. The Kier molecular flexibility index (Phi) is 5.42. The van der Waals surface area contributed by atoms with Gasteiger partial charge < -0.3 is 5.32 Å². The van der Waals surface area contributed by atoms with Crippen LogP contribution >= 0.6 is 11.3 Å². The Morgan fingerprint density at radius 1 is 1.40 bits per heavy atom. The summed E-state index contributed by atoms with van der Waals surface area (Å²) in [6, 6.07) is 2.26. The molecule has 1 aromatic heterocycles. The highest BCUT2D eigenvalue weighted by molar-refractivity contribution is 7.90. The van der Waals surface area contributed by atoms with Crippen molar-refractivity contribution >= 4 is 27.2 Å². The van der Waals surface area contributed by atoms with E-state index in [9.17, 15) is 8.42 Å². The fraction of sp³-hybridized carbons (Fsp3) is 0.692. The highest BCUT2D eigenvalue weighted by Crippen LogP contribution is 2.21. The summed E-state index contributed by atoms with van der Waals surface area (Å²) >= 11 is 1.48. The normalized spacial score (nSPS) is 18.6. The van der Waals surface area contributed by atoms with Crippen molar-refractivity contribution in [2.45, 2.75) is 32.7 Å². The predicted molar refractivity (Wildman–Crippen MR) is 84.3 cm³/mol.